The largest absolute Gasteiger partial charge is 0.478 e. The molecule has 2 fully saturated rings. The van der Waals surface area contributed by atoms with Gasteiger partial charge in [0.15, 0.2) is 0 Å². The number of hydrogen-bond acceptors (Lipinski definition) is 4. The van der Waals surface area contributed by atoms with Crippen molar-refractivity contribution in [2.75, 3.05) is 19.6 Å². The van der Waals surface area contributed by atoms with Crippen LogP contribution in [0.25, 0.3) is 16.6 Å². The van der Waals surface area contributed by atoms with Gasteiger partial charge in [0.2, 0.25) is 0 Å². The molecule has 6 nitrogen and oxygen atoms in total. The fourth-order valence-corrected chi connectivity index (χ4v) is 7.37. The maximum absolute atomic E-state index is 12.0. The number of pyridine rings is 1. The number of fused-ring (bicyclic) bond motifs is 1. The first kappa shape index (κ1) is 27.2. The zero-order valence-corrected chi connectivity index (χ0v) is 24.5. The number of halogens is 1. The van der Waals surface area contributed by atoms with Crippen molar-refractivity contribution in [3.8, 4) is 11.5 Å². The summed E-state index contributed by atoms with van der Waals surface area (Å²) in [6.45, 7) is 3.08. The minimum absolute atomic E-state index is 0.161. The van der Waals surface area contributed by atoms with Gasteiger partial charge in [-0.15, -0.1) is 0 Å². The van der Waals surface area contributed by atoms with Crippen molar-refractivity contribution in [1.29, 1.82) is 0 Å². The van der Waals surface area contributed by atoms with E-state index < -0.39 is 5.97 Å². The van der Waals surface area contributed by atoms with Crippen LogP contribution in [0.5, 0.6) is 11.5 Å². The molecule has 216 valence electrons. The van der Waals surface area contributed by atoms with E-state index in [1.165, 1.54) is 44.1 Å². The van der Waals surface area contributed by atoms with Crippen LogP contribution in [0, 0.1) is 5.41 Å². The topological polar surface area (TPSA) is 78.4 Å². The minimum Gasteiger partial charge on any atom is -0.478 e. The second-order valence-electron chi connectivity index (χ2n) is 12.4. The number of H-pyrrole nitrogens is 1. The third-order valence-corrected chi connectivity index (χ3v) is 10.1. The summed E-state index contributed by atoms with van der Waals surface area (Å²) in [6.07, 6.45) is 13.3. The minimum atomic E-state index is -0.997. The molecule has 0 radical (unpaired) electrons. The fourth-order valence-electron chi connectivity index (χ4n) is 7.24. The van der Waals surface area contributed by atoms with Gasteiger partial charge in [-0.2, -0.15) is 0 Å². The van der Waals surface area contributed by atoms with Gasteiger partial charge in [-0.3, -0.25) is 4.90 Å². The number of benzene rings is 2. The van der Waals surface area contributed by atoms with E-state index in [4.69, 9.17) is 16.3 Å². The van der Waals surface area contributed by atoms with Crippen LogP contribution < -0.4 is 4.74 Å². The van der Waals surface area contributed by atoms with Gasteiger partial charge in [0.05, 0.1) is 6.20 Å². The van der Waals surface area contributed by atoms with Crippen molar-refractivity contribution in [2.24, 2.45) is 5.41 Å². The molecule has 1 aliphatic heterocycles. The number of carboxylic acids is 1. The Labute approximate surface area is 251 Å². The van der Waals surface area contributed by atoms with Gasteiger partial charge in [0.1, 0.15) is 22.7 Å². The lowest BCUT2D eigenvalue weighted by Gasteiger charge is -2.47. The molecule has 0 amide bonds. The highest BCUT2D eigenvalue weighted by atomic mass is 35.5. The molecule has 3 heterocycles. The summed E-state index contributed by atoms with van der Waals surface area (Å²) < 4.78 is 6.11. The Kier molecular flexibility index (Phi) is 7.28. The van der Waals surface area contributed by atoms with Gasteiger partial charge in [-0.1, -0.05) is 41.8 Å². The van der Waals surface area contributed by atoms with E-state index in [2.05, 4.69) is 27.0 Å². The molecule has 2 aromatic heterocycles. The average Bonchev–Trinajstić information content (AvgIpc) is 3.45. The van der Waals surface area contributed by atoms with Gasteiger partial charge in [0.25, 0.3) is 0 Å². The summed E-state index contributed by atoms with van der Waals surface area (Å²) >= 11 is 6.23. The quantitative estimate of drug-likeness (QED) is 0.228. The molecule has 1 saturated carbocycles. The number of ether oxygens (including phenoxy) is 1. The normalized spacial score (nSPS) is 19.3. The van der Waals surface area contributed by atoms with Gasteiger partial charge in [-0.25, -0.2) is 9.78 Å². The first-order chi connectivity index (χ1) is 20.4. The number of rotatable bonds is 7. The molecule has 1 spiro atoms. The van der Waals surface area contributed by atoms with Crippen LogP contribution in [-0.4, -0.2) is 45.6 Å². The Hall–Kier alpha value is -3.61. The summed E-state index contributed by atoms with van der Waals surface area (Å²) in [4.78, 5) is 22.1. The predicted molar refractivity (Wildman–Crippen MR) is 166 cm³/mol. The smallest absolute Gasteiger partial charge is 0.339 e. The summed E-state index contributed by atoms with van der Waals surface area (Å²) in [7, 11) is 0. The molecule has 7 heteroatoms. The molecule has 1 saturated heterocycles. The van der Waals surface area contributed by atoms with E-state index in [0.717, 1.165) is 54.1 Å². The lowest BCUT2D eigenvalue weighted by molar-refractivity contribution is 0.0694. The van der Waals surface area contributed by atoms with E-state index in [9.17, 15) is 9.90 Å². The van der Waals surface area contributed by atoms with Crippen LogP contribution in [0.2, 0.25) is 5.02 Å². The van der Waals surface area contributed by atoms with Gasteiger partial charge in [-0.05, 0) is 122 Å². The molecular formula is C35H36ClN3O3. The number of likely N-dealkylation sites (tertiary alicyclic amines) is 1. The molecule has 2 aromatic carbocycles. The lowest BCUT2D eigenvalue weighted by atomic mass is 9.59. The third-order valence-electron chi connectivity index (χ3n) is 9.85. The highest BCUT2D eigenvalue weighted by molar-refractivity contribution is 6.30. The Balaban J connectivity index is 1.06. The number of allylic oxidation sites excluding steroid dienone is 1. The van der Waals surface area contributed by atoms with Crippen molar-refractivity contribution in [3.05, 3.63) is 94.3 Å². The van der Waals surface area contributed by atoms with E-state index in [1.54, 1.807) is 23.4 Å². The molecule has 42 heavy (non-hydrogen) atoms. The molecule has 3 aliphatic rings. The van der Waals surface area contributed by atoms with Crippen molar-refractivity contribution < 1.29 is 14.6 Å². The summed E-state index contributed by atoms with van der Waals surface area (Å²) in [5, 5.41) is 11.5. The molecular weight excluding hydrogens is 546 g/mol. The maximum Gasteiger partial charge on any atom is 0.339 e. The Morgan fingerprint density at radius 2 is 1.88 bits per heavy atom. The SMILES string of the molecule is O=C(O)c1ccc(C2CCN(CC3=C(c4ccc(Cl)cc4)CC4(CCC4)CC3)CC2)cc1Oc1cnc2[nH]ccc2c1. The second-order valence-corrected chi connectivity index (χ2v) is 12.9. The van der Waals surface area contributed by atoms with Gasteiger partial charge in [0, 0.05) is 23.2 Å². The first-order valence-electron chi connectivity index (χ1n) is 15.1. The van der Waals surface area contributed by atoms with Crippen molar-refractivity contribution in [2.45, 2.75) is 57.3 Å². The van der Waals surface area contributed by atoms with Crippen LogP contribution in [0.3, 0.4) is 0 Å². The molecule has 0 atom stereocenters. The molecule has 4 aromatic rings. The summed E-state index contributed by atoms with van der Waals surface area (Å²) in [6, 6.07) is 17.8. The number of carbonyl (C=O) groups is 1. The Bertz CT molecular complexity index is 1650. The average molecular weight is 582 g/mol. The summed E-state index contributed by atoms with van der Waals surface area (Å²) in [5.74, 6) is 0.260. The predicted octanol–water partition coefficient (Wildman–Crippen LogP) is 8.69. The molecule has 0 bridgehead atoms. The fraction of sp³-hybridized carbons (Fsp3) is 0.371. The highest BCUT2D eigenvalue weighted by Crippen LogP contribution is 2.55. The van der Waals surface area contributed by atoms with Crippen molar-refractivity contribution in [1.82, 2.24) is 14.9 Å². The Morgan fingerprint density at radius 1 is 1.07 bits per heavy atom. The number of aromatic amines is 1. The Morgan fingerprint density at radius 3 is 2.62 bits per heavy atom. The number of nitrogens with zero attached hydrogens (tertiary/aromatic N) is 2. The highest BCUT2D eigenvalue weighted by Gasteiger charge is 2.41. The van der Waals surface area contributed by atoms with E-state index in [0.29, 0.717) is 22.8 Å². The van der Waals surface area contributed by atoms with Crippen LogP contribution in [0.1, 0.15) is 78.8 Å². The zero-order valence-electron chi connectivity index (χ0n) is 23.7. The molecule has 2 N–H and O–H groups in total. The number of carboxylic acid groups (broad SMARTS) is 1. The van der Waals surface area contributed by atoms with Crippen molar-refractivity contribution >= 4 is 34.2 Å². The number of aromatic nitrogens is 2. The lowest BCUT2D eigenvalue weighted by Crippen LogP contribution is -2.37. The number of aromatic carboxylic acids is 1. The van der Waals surface area contributed by atoms with Gasteiger partial charge < -0.3 is 14.8 Å². The second kappa shape index (κ2) is 11.2. The van der Waals surface area contributed by atoms with Crippen LogP contribution in [0.15, 0.2) is 72.6 Å². The number of hydrogen-bond donors (Lipinski definition) is 2. The third kappa shape index (κ3) is 5.46. The monoisotopic (exact) mass is 581 g/mol. The van der Waals surface area contributed by atoms with E-state index >= 15 is 0 Å². The first-order valence-corrected chi connectivity index (χ1v) is 15.5. The van der Waals surface area contributed by atoms with Crippen LogP contribution >= 0.6 is 11.6 Å². The standard InChI is InChI=1S/C35H36ClN3O3/c36-28-5-2-24(3-6-28)31-20-35(12-1-13-35)14-8-27(31)22-39-16-10-23(11-17-39)25-4-7-30(34(40)41)32(19-25)42-29-18-26-9-15-37-33(26)38-21-29/h2-7,9,15,18-19,21,23H,1,8,10-14,16-17,20,22H2,(H,37,38)(H,40,41). The summed E-state index contributed by atoms with van der Waals surface area (Å²) in [5.41, 5.74) is 7.09. The molecule has 0 unspecified atom stereocenters. The zero-order chi connectivity index (χ0) is 28.7. The van der Waals surface area contributed by atoms with E-state index in [-0.39, 0.29) is 5.56 Å². The van der Waals surface area contributed by atoms with Crippen LogP contribution in [0.4, 0.5) is 0 Å². The van der Waals surface area contributed by atoms with Crippen molar-refractivity contribution in [3.63, 3.8) is 0 Å². The maximum atomic E-state index is 12.0. The number of nitrogens with one attached hydrogen (secondary N) is 1. The molecule has 7 rings (SSSR count). The van der Waals surface area contributed by atoms with E-state index in [1.807, 2.05) is 42.6 Å². The van der Waals surface area contributed by atoms with Crippen LogP contribution in [-0.2, 0) is 0 Å². The molecule has 2 aliphatic carbocycles. The number of piperidine rings is 1. The van der Waals surface area contributed by atoms with Gasteiger partial charge >= 0.3 is 5.97 Å².